The van der Waals surface area contributed by atoms with Gasteiger partial charge in [0.05, 0.1) is 30.5 Å². The second-order valence-corrected chi connectivity index (χ2v) is 7.05. The summed E-state index contributed by atoms with van der Waals surface area (Å²) >= 11 is 0. The number of alkyl halides is 3. The van der Waals surface area contributed by atoms with Crippen molar-refractivity contribution in [2.75, 3.05) is 17.2 Å². The number of hydrogen-bond acceptors (Lipinski definition) is 7. The van der Waals surface area contributed by atoms with Crippen LogP contribution in [0.1, 0.15) is 28.7 Å². The number of amides is 1. The third kappa shape index (κ3) is 5.37. The van der Waals surface area contributed by atoms with Crippen LogP contribution in [-0.4, -0.2) is 22.7 Å². The molecule has 34 heavy (non-hydrogen) atoms. The molecule has 4 rings (SSSR count). The minimum atomic E-state index is -4.67. The minimum Gasteiger partial charge on any atom is -0.494 e. The number of benzene rings is 2. The predicted octanol–water partition coefficient (Wildman–Crippen LogP) is 5.61. The summed E-state index contributed by atoms with van der Waals surface area (Å²) in [5.74, 6) is 0.513. The fourth-order valence-electron chi connectivity index (χ4n) is 3.09. The summed E-state index contributed by atoms with van der Waals surface area (Å²) in [6.45, 7) is 2.28. The largest absolute Gasteiger partial charge is 0.494 e. The molecule has 2 aromatic carbocycles. The third-order valence-electron chi connectivity index (χ3n) is 4.69. The molecule has 4 aromatic rings. The van der Waals surface area contributed by atoms with Gasteiger partial charge in [-0.15, -0.1) is 0 Å². The molecule has 0 bridgehead atoms. The molecule has 2 aromatic heterocycles. The van der Waals surface area contributed by atoms with E-state index in [1.807, 2.05) is 6.92 Å². The minimum absolute atomic E-state index is 0.0142. The van der Waals surface area contributed by atoms with Crippen molar-refractivity contribution in [1.82, 2.24) is 10.1 Å². The van der Waals surface area contributed by atoms with Gasteiger partial charge in [-0.25, -0.2) is 0 Å². The number of furan rings is 1. The lowest BCUT2D eigenvalue weighted by atomic mass is 10.1. The van der Waals surface area contributed by atoms with Gasteiger partial charge < -0.3 is 24.3 Å². The van der Waals surface area contributed by atoms with Crippen LogP contribution in [0.15, 0.2) is 70.0 Å². The molecule has 0 radical (unpaired) electrons. The van der Waals surface area contributed by atoms with Crippen LogP contribution in [0, 0.1) is 0 Å². The lowest BCUT2D eigenvalue weighted by molar-refractivity contribution is -0.136. The van der Waals surface area contributed by atoms with Gasteiger partial charge >= 0.3 is 6.18 Å². The fraction of sp³-hybridized carbons (Fsp3) is 0.174. The van der Waals surface area contributed by atoms with Gasteiger partial charge in [-0.1, -0.05) is 5.16 Å². The zero-order valence-electron chi connectivity index (χ0n) is 17.8. The van der Waals surface area contributed by atoms with Crippen molar-refractivity contribution < 1.29 is 31.6 Å². The topological polar surface area (TPSA) is 102 Å². The molecule has 0 aliphatic heterocycles. The SMILES string of the molecule is CCOc1ccc(-c2noc(CNc3ccc(NC(=O)c4ccoc4)cc3C(F)(F)F)n2)cc1. The maximum atomic E-state index is 13.6. The molecule has 0 saturated heterocycles. The highest BCUT2D eigenvalue weighted by Crippen LogP contribution is 2.37. The van der Waals surface area contributed by atoms with Gasteiger partial charge in [-0.3, -0.25) is 4.79 Å². The van der Waals surface area contributed by atoms with E-state index in [0.29, 0.717) is 23.7 Å². The molecule has 2 N–H and O–H groups in total. The Bertz CT molecular complexity index is 1250. The Balaban J connectivity index is 1.46. The first-order valence-corrected chi connectivity index (χ1v) is 10.2. The summed E-state index contributed by atoms with van der Waals surface area (Å²) in [4.78, 5) is 16.3. The van der Waals surface area contributed by atoms with Crippen LogP contribution in [0.4, 0.5) is 24.5 Å². The maximum absolute atomic E-state index is 13.6. The molecule has 176 valence electrons. The average molecular weight is 472 g/mol. The quantitative estimate of drug-likeness (QED) is 0.344. The number of nitrogens with one attached hydrogen (secondary N) is 2. The summed E-state index contributed by atoms with van der Waals surface area (Å²) in [5, 5.41) is 8.96. The van der Waals surface area contributed by atoms with E-state index in [-0.39, 0.29) is 29.4 Å². The fourth-order valence-corrected chi connectivity index (χ4v) is 3.09. The molecule has 0 fully saturated rings. The molecule has 0 spiro atoms. The highest BCUT2D eigenvalue weighted by molar-refractivity contribution is 6.04. The van der Waals surface area contributed by atoms with Crippen LogP contribution in [0.25, 0.3) is 11.4 Å². The zero-order chi connectivity index (χ0) is 24.1. The standard InChI is InChI=1S/C23H19F3N4O4/c1-2-33-17-6-3-14(4-7-17)21-29-20(34-30-21)12-27-19-8-5-16(11-18(19)23(24,25)26)28-22(31)15-9-10-32-13-15/h3-11,13,27H,2,12H2,1H3,(H,28,31). The predicted molar refractivity (Wildman–Crippen MR) is 116 cm³/mol. The third-order valence-corrected chi connectivity index (χ3v) is 4.69. The van der Waals surface area contributed by atoms with Gasteiger partial charge in [0.1, 0.15) is 12.0 Å². The number of rotatable bonds is 8. The van der Waals surface area contributed by atoms with E-state index in [1.54, 1.807) is 24.3 Å². The molecule has 0 aliphatic carbocycles. The Labute approximate surface area is 191 Å². The van der Waals surface area contributed by atoms with Crippen molar-refractivity contribution in [3.63, 3.8) is 0 Å². The molecule has 2 heterocycles. The van der Waals surface area contributed by atoms with Crippen LogP contribution in [0.3, 0.4) is 0 Å². The number of aromatic nitrogens is 2. The van der Waals surface area contributed by atoms with Gasteiger partial charge in [-0.05, 0) is 55.5 Å². The van der Waals surface area contributed by atoms with Gasteiger partial charge in [0.25, 0.3) is 5.91 Å². The first-order chi connectivity index (χ1) is 16.3. The molecule has 0 saturated carbocycles. The zero-order valence-corrected chi connectivity index (χ0v) is 17.8. The van der Waals surface area contributed by atoms with Crippen LogP contribution in [0.2, 0.25) is 0 Å². The van der Waals surface area contributed by atoms with Crippen molar-refractivity contribution >= 4 is 17.3 Å². The van der Waals surface area contributed by atoms with Crippen molar-refractivity contribution in [2.24, 2.45) is 0 Å². The number of carbonyl (C=O) groups excluding carboxylic acids is 1. The molecule has 8 nitrogen and oxygen atoms in total. The van der Waals surface area contributed by atoms with Gasteiger partial charge in [0.2, 0.25) is 11.7 Å². The van der Waals surface area contributed by atoms with Gasteiger partial charge in [0.15, 0.2) is 0 Å². The molecule has 1 amide bonds. The summed E-state index contributed by atoms with van der Waals surface area (Å²) in [6, 6.07) is 11.9. The molecule has 11 heteroatoms. The monoisotopic (exact) mass is 472 g/mol. The van der Waals surface area contributed by atoms with Gasteiger partial charge in [-0.2, -0.15) is 18.2 Å². The second-order valence-electron chi connectivity index (χ2n) is 7.05. The number of anilines is 2. The van der Waals surface area contributed by atoms with E-state index in [1.165, 1.54) is 30.7 Å². The maximum Gasteiger partial charge on any atom is 0.418 e. The number of nitrogens with zero attached hydrogens (tertiary/aromatic N) is 2. The Morgan fingerprint density at radius 2 is 1.91 bits per heavy atom. The summed E-state index contributed by atoms with van der Waals surface area (Å²) in [6.07, 6.45) is -2.18. The van der Waals surface area contributed by atoms with Crippen molar-refractivity contribution in [3.8, 4) is 17.1 Å². The molecule has 0 aliphatic rings. The Kier molecular flexibility index (Phi) is 6.53. The van der Waals surface area contributed by atoms with Crippen molar-refractivity contribution in [3.05, 3.63) is 78.1 Å². The number of halogens is 3. The highest BCUT2D eigenvalue weighted by Gasteiger charge is 2.34. The normalized spacial score (nSPS) is 11.3. The first kappa shape index (κ1) is 22.9. The van der Waals surface area contributed by atoms with Crippen molar-refractivity contribution in [2.45, 2.75) is 19.6 Å². The molecular formula is C23H19F3N4O4. The van der Waals surface area contributed by atoms with E-state index in [4.69, 9.17) is 13.7 Å². The van der Waals surface area contributed by atoms with E-state index >= 15 is 0 Å². The Hall–Kier alpha value is -4.28. The van der Waals surface area contributed by atoms with Crippen molar-refractivity contribution in [1.29, 1.82) is 0 Å². The number of ether oxygens (including phenoxy) is 1. The average Bonchev–Trinajstić information content (AvgIpc) is 3.51. The summed E-state index contributed by atoms with van der Waals surface area (Å²) < 4.78 is 56.3. The Morgan fingerprint density at radius 3 is 2.59 bits per heavy atom. The van der Waals surface area contributed by atoms with Crippen LogP contribution in [-0.2, 0) is 12.7 Å². The number of carbonyl (C=O) groups is 1. The smallest absolute Gasteiger partial charge is 0.418 e. The first-order valence-electron chi connectivity index (χ1n) is 10.2. The van der Waals surface area contributed by atoms with E-state index in [0.717, 1.165) is 6.07 Å². The summed E-state index contributed by atoms with van der Waals surface area (Å²) in [7, 11) is 0. The van der Waals surface area contributed by atoms with E-state index < -0.39 is 17.6 Å². The number of hydrogen-bond donors (Lipinski definition) is 2. The Morgan fingerprint density at radius 1 is 1.12 bits per heavy atom. The molecule has 0 atom stereocenters. The summed E-state index contributed by atoms with van der Waals surface area (Å²) in [5.41, 5.74) is -0.305. The van der Waals surface area contributed by atoms with E-state index in [9.17, 15) is 18.0 Å². The molecular weight excluding hydrogens is 453 g/mol. The van der Waals surface area contributed by atoms with E-state index in [2.05, 4.69) is 20.8 Å². The second kappa shape index (κ2) is 9.69. The van der Waals surface area contributed by atoms with Crippen LogP contribution in [0.5, 0.6) is 5.75 Å². The highest BCUT2D eigenvalue weighted by atomic mass is 19.4. The van der Waals surface area contributed by atoms with Gasteiger partial charge in [0, 0.05) is 16.9 Å². The van der Waals surface area contributed by atoms with Crippen LogP contribution >= 0.6 is 0 Å². The molecule has 0 unspecified atom stereocenters. The lowest BCUT2D eigenvalue weighted by Crippen LogP contribution is -2.14. The van der Waals surface area contributed by atoms with Crippen LogP contribution < -0.4 is 15.4 Å². The lowest BCUT2D eigenvalue weighted by Gasteiger charge is -2.15.